The zero-order chi connectivity index (χ0) is 14.8. The van der Waals surface area contributed by atoms with Crippen LogP contribution in [0.15, 0.2) is 25.0 Å². The first kappa shape index (κ1) is 13.9. The van der Waals surface area contributed by atoms with Crippen molar-refractivity contribution in [1.29, 1.82) is 0 Å². The van der Waals surface area contributed by atoms with Gasteiger partial charge in [0.1, 0.15) is 5.82 Å². The van der Waals surface area contributed by atoms with E-state index in [0.29, 0.717) is 19.0 Å². The molecule has 1 atom stereocenters. The van der Waals surface area contributed by atoms with Gasteiger partial charge in [0.15, 0.2) is 0 Å². The van der Waals surface area contributed by atoms with E-state index in [-0.39, 0.29) is 17.7 Å². The number of H-pyrrole nitrogens is 1. The van der Waals surface area contributed by atoms with Crippen molar-refractivity contribution in [2.75, 3.05) is 26.2 Å². The van der Waals surface area contributed by atoms with E-state index in [9.17, 15) is 9.59 Å². The van der Waals surface area contributed by atoms with Crippen LogP contribution in [-0.2, 0) is 9.59 Å². The third-order valence-electron chi connectivity index (χ3n) is 4.36. The Hall–Kier alpha value is -2.11. The molecule has 0 spiro atoms. The minimum atomic E-state index is -0.0915. The van der Waals surface area contributed by atoms with Crippen molar-refractivity contribution >= 4 is 11.8 Å². The Morgan fingerprint density at radius 3 is 2.81 bits per heavy atom. The molecular weight excluding hydrogens is 268 g/mol. The van der Waals surface area contributed by atoms with Crippen molar-refractivity contribution in [3.8, 4) is 0 Å². The highest BCUT2D eigenvalue weighted by Gasteiger charge is 2.38. The SMILES string of the molecule is C=CC(=O)N1CC(C(=O)N2CCCC(c3ncc[nH]3)C2)C1. The lowest BCUT2D eigenvalue weighted by Gasteiger charge is -2.42. The summed E-state index contributed by atoms with van der Waals surface area (Å²) in [7, 11) is 0. The van der Waals surface area contributed by atoms with Crippen LogP contribution in [0.5, 0.6) is 0 Å². The Labute approximate surface area is 123 Å². The standard InChI is InChI=1S/C15H20N4O2/c1-2-13(20)19-9-12(10-19)15(21)18-7-3-4-11(8-18)14-16-5-6-17-14/h2,5-6,11-12H,1,3-4,7-10H2,(H,16,17). The first-order valence-electron chi connectivity index (χ1n) is 7.38. The zero-order valence-electron chi connectivity index (χ0n) is 12.0. The van der Waals surface area contributed by atoms with Crippen LogP contribution < -0.4 is 0 Å². The van der Waals surface area contributed by atoms with Gasteiger partial charge in [-0.1, -0.05) is 6.58 Å². The molecular formula is C15H20N4O2. The van der Waals surface area contributed by atoms with Gasteiger partial charge in [0.05, 0.1) is 5.92 Å². The van der Waals surface area contributed by atoms with Crippen molar-refractivity contribution < 1.29 is 9.59 Å². The average molecular weight is 288 g/mol. The largest absolute Gasteiger partial charge is 0.348 e. The second kappa shape index (κ2) is 5.71. The molecule has 2 aliphatic heterocycles. The maximum atomic E-state index is 12.5. The molecule has 2 saturated heterocycles. The summed E-state index contributed by atoms with van der Waals surface area (Å²) in [6.07, 6.45) is 6.93. The number of imidazole rings is 1. The molecule has 2 fully saturated rings. The number of rotatable bonds is 3. The average Bonchev–Trinajstić information content (AvgIpc) is 2.99. The summed E-state index contributed by atoms with van der Waals surface area (Å²) in [6, 6.07) is 0. The molecule has 2 amide bonds. The highest BCUT2D eigenvalue weighted by molar-refractivity contribution is 5.90. The molecule has 0 radical (unpaired) electrons. The van der Waals surface area contributed by atoms with Gasteiger partial charge in [-0.25, -0.2) is 4.98 Å². The Bertz CT molecular complexity index is 534. The minimum Gasteiger partial charge on any atom is -0.348 e. The zero-order valence-corrected chi connectivity index (χ0v) is 12.0. The van der Waals surface area contributed by atoms with E-state index in [0.717, 1.165) is 31.8 Å². The quantitative estimate of drug-likeness (QED) is 0.835. The number of hydrogen-bond donors (Lipinski definition) is 1. The fraction of sp³-hybridized carbons (Fsp3) is 0.533. The van der Waals surface area contributed by atoms with Gasteiger partial charge in [0.2, 0.25) is 11.8 Å². The number of carbonyl (C=O) groups excluding carboxylic acids is 2. The fourth-order valence-electron chi connectivity index (χ4n) is 3.10. The van der Waals surface area contributed by atoms with Crippen molar-refractivity contribution in [3.63, 3.8) is 0 Å². The summed E-state index contributed by atoms with van der Waals surface area (Å²) in [4.78, 5) is 34.9. The molecule has 3 rings (SSSR count). The molecule has 0 bridgehead atoms. The van der Waals surface area contributed by atoms with E-state index in [1.807, 2.05) is 11.1 Å². The molecule has 0 aromatic carbocycles. The summed E-state index contributed by atoms with van der Waals surface area (Å²) in [5.41, 5.74) is 0. The van der Waals surface area contributed by atoms with Crippen LogP contribution in [0.3, 0.4) is 0 Å². The van der Waals surface area contributed by atoms with E-state index < -0.39 is 0 Å². The lowest BCUT2D eigenvalue weighted by Crippen LogP contribution is -2.57. The van der Waals surface area contributed by atoms with Crippen LogP contribution in [0.4, 0.5) is 0 Å². The third kappa shape index (κ3) is 2.70. The maximum Gasteiger partial charge on any atom is 0.246 e. The Balaban J connectivity index is 1.56. The molecule has 112 valence electrons. The summed E-state index contributed by atoms with van der Waals surface area (Å²) >= 11 is 0. The number of nitrogens with zero attached hydrogens (tertiary/aromatic N) is 3. The predicted octanol–water partition coefficient (Wildman–Crippen LogP) is 0.760. The number of nitrogens with one attached hydrogen (secondary N) is 1. The Morgan fingerprint density at radius 1 is 1.33 bits per heavy atom. The van der Waals surface area contributed by atoms with Crippen LogP contribution in [0.1, 0.15) is 24.6 Å². The smallest absolute Gasteiger partial charge is 0.246 e. The molecule has 6 nitrogen and oxygen atoms in total. The maximum absolute atomic E-state index is 12.5. The van der Waals surface area contributed by atoms with Crippen LogP contribution in [-0.4, -0.2) is 57.8 Å². The van der Waals surface area contributed by atoms with Gasteiger partial charge >= 0.3 is 0 Å². The van der Waals surface area contributed by atoms with Gasteiger partial charge in [-0.2, -0.15) is 0 Å². The number of hydrogen-bond acceptors (Lipinski definition) is 3. The molecule has 1 aromatic heterocycles. The number of aromatic nitrogens is 2. The molecule has 1 unspecified atom stereocenters. The Morgan fingerprint density at radius 2 is 2.14 bits per heavy atom. The molecule has 3 heterocycles. The van der Waals surface area contributed by atoms with Gasteiger partial charge in [-0.3, -0.25) is 9.59 Å². The van der Waals surface area contributed by atoms with Crippen molar-refractivity contribution in [1.82, 2.24) is 19.8 Å². The van der Waals surface area contributed by atoms with E-state index in [2.05, 4.69) is 16.5 Å². The van der Waals surface area contributed by atoms with Crippen LogP contribution >= 0.6 is 0 Å². The lowest BCUT2D eigenvalue weighted by molar-refractivity contribution is -0.147. The molecule has 1 aromatic rings. The van der Waals surface area contributed by atoms with Crippen molar-refractivity contribution in [3.05, 3.63) is 30.9 Å². The topological polar surface area (TPSA) is 69.3 Å². The number of likely N-dealkylation sites (tertiary alicyclic amines) is 2. The number of piperidine rings is 1. The molecule has 0 aliphatic carbocycles. The van der Waals surface area contributed by atoms with E-state index in [1.165, 1.54) is 6.08 Å². The first-order valence-corrected chi connectivity index (χ1v) is 7.38. The number of aromatic amines is 1. The highest BCUT2D eigenvalue weighted by Crippen LogP contribution is 2.27. The van der Waals surface area contributed by atoms with E-state index in [1.54, 1.807) is 11.1 Å². The van der Waals surface area contributed by atoms with Gasteiger partial charge in [0, 0.05) is 44.5 Å². The van der Waals surface area contributed by atoms with Crippen molar-refractivity contribution in [2.24, 2.45) is 5.92 Å². The summed E-state index contributed by atoms with van der Waals surface area (Å²) < 4.78 is 0. The number of carbonyl (C=O) groups is 2. The monoisotopic (exact) mass is 288 g/mol. The molecule has 0 saturated carbocycles. The predicted molar refractivity (Wildman–Crippen MR) is 77.4 cm³/mol. The van der Waals surface area contributed by atoms with Gasteiger partial charge < -0.3 is 14.8 Å². The molecule has 21 heavy (non-hydrogen) atoms. The first-order chi connectivity index (χ1) is 10.2. The highest BCUT2D eigenvalue weighted by atomic mass is 16.2. The van der Waals surface area contributed by atoms with Crippen LogP contribution in [0, 0.1) is 5.92 Å². The van der Waals surface area contributed by atoms with Gasteiger partial charge in [-0.05, 0) is 18.9 Å². The minimum absolute atomic E-state index is 0.0516. The van der Waals surface area contributed by atoms with Crippen LogP contribution in [0.25, 0.3) is 0 Å². The van der Waals surface area contributed by atoms with Crippen molar-refractivity contribution in [2.45, 2.75) is 18.8 Å². The van der Waals surface area contributed by atoms with Gasteiger partial charge in [0.25, 0.3) is 0 Å². The van der Waals surface area contributed by atoms with Crippen LogP contribution in [0.2, 0.25) is 0 Å². The molecule has 2 aliphatic rings. The third-order valence-corrected chi connectivity index (χ3v) is 4.36. The molecule has 6 heteroatoms. The second-order valence-corrected chi connectivity index (χ2v) is 5.74. The second-order valence-electron chi connectivity index (χ2n) is 5.74. The summed E-state index contributed by atoms with van der Waals surface area (Å²) in [5.74, 6) is 1.28. The Kier molecular flexibility index (Phi) is 3.77. The normalized spacial score (nSPS) is 22.8. The van der Waals surface area contributed by atoms with E-state index >= 15 is 0 Å². The van der Waals surface area contributed by atoms with E-state index in [4.69, 9.17) is 0 Å². The fourth-order valence-corrected chi connectivity index (χ4v) is 3.10. The summed E-state index contributed by atoms with van der Waals surface area (Å²) in [6.45, 7) is 6.03. The lowest BCUT2D eigenvalue weighted by atomic mass is 9.93. The molecule has 1 N–H and O–H groups in total. The summed E-state index contributed by atoms with van der Waals surface area (Å²) in [5, 5.41) is 0. The number of amides is 2. The van der Waals surface area contributed by atoms with Gasteiger partial charge in [-0.15, -0.1) is 0 Å².